The minimum atomic E-state index is 0.931. The van der Waals surface area contributed by atoms with Crippen molar-refractivity contribution in [3.8, 4) is 11.1 Å². The van der Waals surface area contributed by atoms with Crippen molar-refractivity contribution < 1.29 is 0 Å². The minimum absolute atomic E-state index is 0.931. The smallest absolute Gasteiger partial charge is 0.0522 e. The first-order chi connectivity index (χ1) is 35.4. The van der Waals surface area contributed by atoms with Gasteiger partial charge in [0.1, 0.15) is 0 Å². The summed E-state index contributed by atoms with van der Waals surface area (Å²) in [4.78, 5) is 4.86. The third kappa shape index (κ3) is 10.3. The van der Waals surface area contributed by atoms with E-state index in [1.807, 2.05) is 0 Å². The van der Waals surface area contributed by atoms with Crippen LogP contribution < -0.4 is 9.80 Å². The van der Waals surface area contributed by atoms with Crippen molar-refractivity contribution >= 4 is 57.4 Å². The van der Waals surface area contributed by atoms with Crippen LogP contribution in [0.1, 0.15) is 69.5 Å². The average Bonchev–Trinajstić information content (AvgIpc) is 3.44. The SMILES string of the molecule is CCc1cccc(C)c1N(c1ccc(C=C(c2ccccc2)c2ccccc2)cc1)c1ccc(-c2ccc(N(c3ccc(C=C(c4ccccc4)c4ccccc4)cc3)c3c(C)cccc3CC)cc2)cc1. The predicted octanol–water partition coefficient (Wildman–Crippen LogP) is 19.2. The van der Waals surface area contributed by atoms with Gasteiger partial charge in [0.15, 0.2) is 0 Å². The lowest BCUT2D eigenvalue weighted by Crippen LogP contribution is -2.14. The van der Waals surface area contributed by atoms with Crippen LogP contribution in [0.25, 0.3) is 34.4 Å². The highest BCUT2D eigenvalue weighted by Gasteiger charge is 2.20. The normalized spacial score (nSPS) is 10.9. The molecule has 0 N–H and O–H groups in total. The van der Waals surface area contributed by atoms with E-state index < -0.39 is 0 Å². The van der Waals surface area contributed by atoms with Crippen molar-refractivity contribution in [2.45, 2.75) is 40.5 Å². The molecule has 2 heteroatoms. The van der Waals surface area contributed by atoms with Gasteiger partial charge in [-0.2, -0.15) is 0 Å². The minimum Gasteiger partial charge on any atom is -0.310 e. The van der Waals surface area contributed by atoms with Crippen molar-refractivity contribution in [1.82, 2.24) is 0 Å². The van der Waals surface area contributed by atoms with Crippen molar-refractivity contribution in [2.75, 3.05) is 9.80 Å². The lowest BCUT2D eigenvalue weighted by atomic mass is 9.95. The van der Waals surface area contributed by atoms with E-state index in [0.29, 0.717) is 0 Å². The molecule has 0 amide bonds. The first-order valence-electron chi connectivity index (χ1n) is 25.3. The summed E-state index contributed by atoms with van der Waals surface area (Å²) in [5.74, 6) is 0. The standard InChI is InChI=1S/C70H60N2/c1-5-55-31-19-21-51(3)69(55)71(63-41-33-53(34-42-63)49-67(59-23-11-7-12-24-59)60-25-13-8-14-26-60)65-45-37-57(38-46-65)58-39-47-66(48-40-58)72(70-52(4)22-20-32-56(70)6-2)64-43-35-54(36-44-64)50-68(61-27-15-9-16-28-61)62-29-17-10-18-30-62/h7-50H,5-6H2,1-4H3. The largest absolute Gasteiger partial charge is 0.310 e. The molecule has 0 atom stereocenters. The molecular weight excluding hydrogens is 869 g/mol. The Bertz CT molecular complexity index is 3110. The zero-order valence-electron chi connectivity index (χ0n) is 41.7. The van der Waals surface area contributed by atoms with Crippen LogP contribution in [0, 0.1) is 13.8 Å². The molecule has 0 spiro atoms. The second-order valence-corrected chi connectivity index (χ2v) is 18.4. The van der Waals surface area contributed by atoms with Crippen molar-refractivity contribution in [2.24, 2.45) is 0 Å². The Morgan fingerprint density at radius 3 is 0.861 bits per heavy atom. The van der Waals surface area contributed by atoms with Gasteiger partial charge in [-0.25, -0.2) is 0 Å². The maximum Gasteiger partial charge on any atom is 0.0522 e. The van der Waals surface area contributed by atoms with Gasteiger partial charge in [-0.05, 0) is 165 Å². The van der Waals surface area contributed by atoms with Gasteiger partial charge in [0, 0.05) is 22.7 Å². The molecule has 0 aromatic heterocycles. The van der Waals surface area contributed by atoms with Crippen LogP contribution in [0.5, 0.6) is 0 Å². The van der Waals surface area contributed by atoms with Crippen LogP contribution in [0.3, 0.4) is 0 Å². The number of hydrogen-bond donors (Lipinski definition) is 0. The first-order valence-corrected chi connectivity index (χ1v) is 25.3. The zero-order chi connectivity index (χ0) is 49.2. The van der Waals surface area contributed by atoms with Crippen LogP contribution >= 0.6 is 0 Å². The molecule has 0 heterocycles. The third-order valence-electron chi connectivity index (χ3n) is 13.7. The molecule has 350 valence electrons. The molecule has 0 aliphatic rings. The van der Waals surface area contributed by atoms with E-state index >= 15 is 0 Å². The number of rotatable bonds is 15. The van der Waals surface area contributed by atoms with E-state index in [9.17, 15) is 0 Å². The van der Waals surface area contributed by atoms with E-state index in [-0.39, 0.29) is 0 Å². The summed E-state index contributed by atoms with van der Waals surface area (Å²) < 4.78 is 0. The average molecular weight is 929 g/mol. The number of anilines is 6. The fraction of sp³-hybridized carbons (Fsp3) is 0.0857. The van der Waals surface area contributed by atoms with E-state index in [4.69, 9.17) is 0 Å². The lowest BCUT2D eigenvalue weighted by Gasteiger charge is -2.30. The maximum absolute atomic E-state index is 2.43. The van der Waals surface area contributed by atoms with Gasteiger partial charge in [0.05, 0.1) is 11.4 Å². The summed E-state index contributed by atoms with van der Waals surface area (Å²) in [5, 5.41) is 0. The molecule has 10 aromatic rings. The molecule has 0 saturated carbocycles. The quantitative estimate of drug-likeness (QED) is 0.0945. The van der Waals surface area contributed by atoms with Crippen LogP contribution in [0.4, 0.5) is 34.1 Å². The summed E-state index contributed by atoms with van der Waals surface area (Å²) in [5.41, 5.74) is 23.9. The summed E-state index contributed by atoms with van der Waals surface area (Å²) in [6.07, 6.45) is 6.46. The molecular formula is C70H60N2. The maximum atomic E-state index is 2.43. The highest BCUT2D eigenvalue weighted by molar-refractivity contribution is 5.93. The summed E-state index contributed by atoms with van der Waals surface area (Å²) in [6, 6.07) is 92.2. The third-order valence-corrected chi connectivity index (χ3v) is 13.7. The second-order valence-electron chi connectivity index (χ2n) is 18.4. The van der Waals surface area contributed by atoms with Gasteiger partial charge in [-0.3, -0.25) is 0 Å². The molecule has 0 radical (unpaired) electrons. The van der Waals surface area contributed by atoms with Gasteiger partial charge >= 0.3 is 0 Å². The number of aryl methyl sites for hydroxylation is 4. The van der Waals surface area contributed by atoms with E-state index in [1.54, 1.807) is 0 Å². The Labute approximate surface area is 427 Å². The molecule has 0 aliphatic heterocycles. The van der Waals surface area contributed by atoms with Crippen LogP contribution in [-0.2, 0) is 12.8 Å². The first kappa shape index (κ1) is 47.0. The van der Waals surface area contributed by atoms with Crippen molar-refractivity contribution in [1.29, 1.82) is 0 Å². The van der Waals surface area contributed by atoms with Gasteiger partial charge in [-0.1, -0.05) is 220 Å². The molecule has 0 unspecified atom stereocenters. The number of benzene rings is 10. The van der Waals surface area contributed by atoms with Crippen molar-refractivity contribution in [3.05, 3.63) is 310 Å². The topological polar surface area (TPSA) is 6.48 Å². The Balaban J connectivity index is 0.975. The molecule has 10 aromatic carbocycles. The van der Waals surface area contributed by atoms with Crippen LogP contribution in [0.2, 0.25) is 0 Å². The van der Waals surface area contributed by atoms with Crippen molar-refractivity contribution in [3.63, 3.8) is 0 Å². The summed E-state index contributed by atoms with van der Waals surface area (Å²) >= 11 is 0. The molecule has 0 bridgehead atoms. The molecule has 0 fully saturated rings. The van der Waals surface area contributed by atoms with Gasteiger partial charge in [-0.15, -0.1) is 0 Å². The lowest BCUT2D eigenvalue weighted by molar-refractivity contribution is 1.10. The monoisotopic (exact) mass is 928 g/mol. The van der Waals surface area contributed by atoms with E-state index in [2.05, 4.69) is 304 Å². The Kier molecular flexibility index (Phi) is 14.3. The van der Waals surface area contributed by atoms with E-state index in [1.165, 1.54) is 78.2 Å². The van der Waals surface area contributed by atoms with E-state index in [0.717, 1.165) is 46.7 Å². The fourth-order valence-electron chi connectivity index (χ4n) is 9.98. The Morgan fingerprint density at radius 2 is 0.583 bits per heavy atom. The second kappa shape index (κ2) is 21.9. The van der Waals surface area contributed by atoms with Gasteiger partial charge < -0.3 is 9.80 Å². The highest BCUT2D eigenvalue weighted by Crippen LogP contribution is 2.43. The highest BCUT2D eigenvalue weighted by atomic mass is 15.2. The number of para-hydroxylation sites is 2. The number of hydrogen-bond acceptors (Lipinski definition) is 2. The zero-order valence-corrected chi connectivity index (χ0v) is 41.7. The predicted molar refractivity (Wildman–Crippen MR) is 309 cm³/mol. The van der Waals surface area contributed by atoms with Gasteiger partial charge in [0.2, 0.25) is 0 Å². The molecule has 2 nitrogen and oxygen atoms in total. The summed E-state index contributed by atoms with van der Waals surface area (Å²) in [7, 11) is 0. The molecule has 72 heavy (non-hydrogen) atoms. The molecule has 10 rings (SSSR count). The molecule has 0 saturated heterocycles. The Hall–Kier alpha value is -8.72. The summed E-state index contributed by atoms with van der Waals surface area (Å²) in [6.45, 7) is 8.94. The Morgan fingerprint density at radius 1 is 0.306 bits per heavy atom. The van der Waals surface area contributed by atoms with Gasteiger partial charge in [0.25, 0.3) is 0 Å². The number of nitrogens with zero attached hydrogens (tertiary/aromatic N) is 2. The van der Waals surface area contributed by atoms with Crippen LogP contribution in [-0.4, -0.2) is 0 Å². The molecule has 0 aliphatic carbocycles. The van der Waals surface area contributed by atoms with Crippen LogP contribution in [0.15, 0.2) is 255 Å². The fourth-order valence-corrected chi connectivity index (χ4v) is 9.98.